The van der Waals surface area contributed by atoms with E-state index in [4.69, 9.17) is 15.6 Å². The van der Waals surface area contributed by atoms with Gasteiger partial charge in [-0.3, -0.25) is 9.59 Å². The zero-order chi connectivity index (χ0) is 10.6. The third-order valence-electron chi connectivity index (χ3n) is 1.76. The van der Waals surface area contributed by atoms with Crippen LogP contribution in [0.5, 0.6) is 0 Å². The number of esters is 1. The van der Waals surface area contributed by atoms with Gasteiger partial charge in [-0.25, -0.2) is 0 Å². The largest absolute Gasteiger partial charge is 0.480 e. The van der Waals surface area contributed by atoms with Crippen molar-refractivity contribution < 1.29 is 19.4 Å². The van der Waals surface area contributed by atoms with Crippen molar-refractivity contribution in [2.75, 3.05) is 6.61 Å². The molecule has 3 N–H and O–H groups in total. The van der Waals surface area contributed by atoms with Gasteiger partial charge in [0.05, 0.1) is 6.61 Å². The summed E-state index contributed by atoms with van der Waals surface area (Å²) in [6.07, 6.45) is 0. The predicted octanol–water partition coefficient (Wildman–Crippen LogP) is -0.0124. The van der Waals surface area contributed by atoms with Crippen LogP contribution in [-0.4, -0.2) is 29.7 Å². The molecule has 76 valence electrons. The first kappa shape index (κ1) is 11.9. The van der Waals surface area contributed by atoms with Crippen LogP contribution in [0.15, 0.2) is 0 Å². The summed E-state index contributed by atoms with van der Waals surface area (Å²) in [5.74, 6) is -1.54. The van der Waals surface area contributed by atoms with Crippen LogP contribution < -0.4 is 5.73 Å². The van der Waals surface area contributed by atoms with E-state index in [9.17, 15) is 9.59 Å². The fourth-order valence-electron chi connectivity index (χ4n) is 0.712. The van der Waals surface area contributed by atoms with E-state index in [-0.39, 0.29) is 6.61 Å². The minimum absolute atomic E-state index is 0.00972. The third-order valence-corrected chi connectivity index (χ3v) is 1.76. The summed E-state index contributed by atoms with van der Waals surface area (Å²) in [6, 6.07) is -1.04. The standard InChI is InChI=1S/C8H15NO4/c1-5(10)13-4-8(2,3)6(9)7(11)12/h6H,4,9H2,1-3H3,(H,11,12)/t6-/m1/s1. The second-order valence-corrected chi connectivity index (χ2v) is 3.58. The van der Waals surface area contributed by atoms with Crippen molar-refractivity contribution >= 4 is 11.9 Å². The van der Waals surface area contributed by atoms with Gasteiger partial charge in [0.25, 0.3) is 0 Å². The molecule has 0 aliphatic heterocycles. The van der Waals surface area contributed by atoms with E-state index in [2.05, 4.69) is 0 Å². The maximum Gasteiger partial charge on any atom is 0.321 e. The van der Waals surface area contributed by atoms with Gasteiger partial charge in [-0.1, -0.05) is 13.8 Å². The van der Waals surface area contributed by atoms with Gasteiger partial charge in [-0.15, -0.1) is 0 Å². The van der Waals surface area contributed by atoms with Gasteiger partial charge in [0.1, 0.15) is 6.04 Å². The average Bonchev–Trinajstić information content (AvgIpc) is 1.99. The first-order chi connectivity index (χ1) is 5.77. The molecule has 1 atom stereocenters. The summed E-state index contributed by atoms with van der Waals surface area (Å²) in [7, 11) is 0. The van der Waals surface area contributed by atoms with E-state index in [1.54, 1.807) is 13.8 Å². The van der Waals surface area contributed by atoms with Crippen LogP contribution in [0.3, 0.4) is 0 Å². The number of rotatable bonds is 4. The van der Waals surface area contributed by atoms with Crippen molar-refractivity contribution in [1.82, 2.24) is 0 Å². The van der Waals surface area contributed by atoms with Crippen LogP contribution in [0.2, 0.25) is 0 Å². The molecule has 0 rings (SSSR count). The Labute approximate surface area is 76.9 Å². The molecule has 5 heteroatoms. The summed E-state index contributed by atoms with van der Waals surface area (Å²) in [5, 5.41) is 8.62. The minimum atomic E-state index is -1.10. The van der Waals surface area contributed by atoms with E-state index in [0.717, 1.165) is 0 Å². The summed E-state index contributed by atoms with van der Waals surface area (Å²) in [4.78, 5) is 21.0. The monoisotopic (exact) mass is 189 g/mol. The van der Waals surface area contributed by atoms with Crippen molar-refractivity contribution in [2.24, 2.45) is 11.1 Å². The number of carboxylic acid groups (broad SMARTS) is 1. The number of hydrogen-bond acceptors (Lipinski definition) is 4. The Morgan fingerprint density at radius 3 is 2.31 bits per heavy atom. The normalized spacial score (nSPS) is 13.5. The van der Waals surface area contributed by atoms with Gasteiger partial charge < -0.3 is 15.6 Å². The van der Waals surface area contributed by atoms with Gasteiger partial charge in [-0.05, 0) is 0 Å². The zero-order valence-electron chi connectivity index (χ0n) is 8.03. The predicted molar refractivity (Wildman–Crippen MR) is 46.0 cm³/mol. The fraction of sp³-hybridized carbons (Fsp3) is 0.750. The van der Waals surface area contributed by atoms with Gasteiger partial charge in [-0.2, -0.15) is 0 Å². The van der Waals surface area contributed by atoms with Gasteiger partial charge in [0.2, 0.25) is 0 Å². The highest BCUT2D eigenvalue weighted by molar-refractivity contribution is 5.74. The topological polar surface area (TPSA) is 89.6 Å². The molecule has 0 amide bonds. The molecule has 0 fully saturated rings. The summed E-state index contributed by atoms with van der Waals surface area (Å²) in [5.41, 5.74) is 4.64. The molecule has 0 aromatic heterocycles. The van der Waals surface area contributed by atoms with Crippen molar-refractivity contribution in [1.29, 1.82) is 0 Å². The minimum Gasteiger partial charge on any atom is -0.480 e. The number of carboxylic acids is 1. The Morgan fingerprint density at radius 1 is 1.54 bits per heavy atom. The van der Waals surface area contributed by atoms with E-state index < -0.39 is 23.4 Å². The molecule has 0 spiro atoms. The lowest BCUT2D eigenvalue weighted by atomic mass is 9.86. The number of nitrogens with two attached hydrogens (primary N) is 1. The van der Waals surface area contributed by atoms with Crippen LogP contribution >= 0.6 is 0 Å². The quantitative estimate of drug-likeness (QED) is 0.607. The number of carbonyl (C=O) groups excluding carboxylic acids is 1. The Balaban J connectivity index is 4.21. The maximum atomic E-state index is 10.5. The van der Waals surface area contributed by atoms with Crippen molar-refractivity contribution in [2.45, 2.75) is 26.8 Å². The van der Waals surface area contributed by atoms with E-state index >= 15 is 0 Å². The second kappa shape index (κ2) is 4.23. The molecule has 0 aromatic rings. The first-order valence-corrected chi connectivity index (χ1v) is 3.89. The second-order valence-electron chi connectivity index (χ2n) is 3.58. The molecule has 0 saturated heterocycles. The van der Waals surface area contributed by atoms with E-state index in [1.807, 2.05) is 0 Å². The number of carbonyl (C=O) groups is 2. The molecular formula is C8H15NO4. The first-order valence-electron chi connectivity index (χ1n) is 3.89. The fourth-order valence-corrected chi connectivity index (χ4v) is 0.712. The average molecular weight is 189 g/mol. The summed E-state index contributed by atoms with van der Waals surface area (Å²) >= 11 is 0. The van der Waals surface area contributed by atoms with Crippen LogP contribution in [-0.2, 0) is 14.3 Å². The SMILES string of the molecule is CC(=O)OCC(C)(C)[C@H](N)C(=O)O. The lowest BCUT2D eigenvalue weighted by Gasteiger charge is -2.27. The van der Waals surface area contributed by atoms with Crippen LogP contribution in [0, 0.1) is 5.41 Å². The Morgan fingerprint density at radius 2 is 2.00 bits per heavy atom. The van der Waals surface area contributed by atoms with Gasteiger partial charge in [0.15, 0.2) is 0 Å². The Kier molecular flexibility index (Phi) is 3.87. The summed E-state index contributed by atoms with van der Waals surface area (Å²) < 4.78 is 4.70. The molecule has 0 unspecified atom stereocenters. The van der Waals surface area contributed by atoms with Crippen molar-refractivity contribution in [3.8, 4) is 0 Å². The molecule has 0 heterocycles. The Bertz CT molecular complexity index is 212. The molecule has 0 aromatic carbocycles. The molecule has 0 radical (unpaired) electrons. The smallest absolute Gasteiger partial charge is 0.321 e. The third kappa shape index (κ3) is 3.89. The molecule has 5 nitrogen and oxygen atoms in total. The van der Waals surface area contributed by atoms with Gasteiger partial charge >= 0.3 is 11.9 Å². The highest BCUT2D eigenvalue weighted by Gasteiger charge is 2.33. The van der Waals surface area contributed by atoms with Gasteiger partial charge in [0, 0.05) is 12.3 Å². The zero-order valence-corrected chi connectivity index (χ0v) is 8.03. The molecule has 0 bridgehead atoms. The number of hydrogen-bond donors (Lipinski definition) is 2. The van der Waals surface area contributed by atoms with Crippen molar-refractivity contribution in [3.05, 3.63) is 0 Å². The van der Waals surface area contributed by atoms with Crippen molar-refractivity contribution in [3.63, 3.8) is 0 Å². The molecule has 0 aliphatic carbocycles. The van der Waals surface area contributed by atoms with E-state index in [1.165, 1.54) is 6.92 Å². The number of aliphatic carboxylic acids is 1. The maximum absolute atomic E-state index is 10.5. The molecule has 13 heavy (non-hydrogen) atoms. The molecule has 0 saturated carbocycles. The number of ether oxygens (including phenoxy) is 1. The highest BCUT2D eigenvalue weighted by atomic mass is 16.5. The van der Waals surface area contributed by atoms with E-state index in [0.29, 0.717) is 0 Å². The molecular weight excluding hydrogens is 174 g/mol. The lowest BCUT2D eigenvalue weighted by molar-refractivity contribution is -0.149. The lowest BCUT2D eigenvalue weighted by Crippen LogP contribution is -2.46. The highest BCUT2D eigenvalue weighted by Crippen LogP contribution is 2.19. The summed E-state index contributed by atoms with van der Waals surface area (Å²) in [6.45, 7) is 4.54. The van der Waals surface area contributed by atoms with Crippen LogP contribution in [0.1, 0.15) is 20.8 Å². The molecule has 0 aliphatic rings. The Hall–Kier alpha value is -1.10. The van der Waals surface area contributed by atoms with Crippen LogP contribution in [0.4, 0.5) is 0 Å². The van der Waals surface area contributed by atoms with Crippen LogP contribution in [0.25, 0.3) is 0 Å².